The number of rotatable bonds is 7. The molecule has 1 saturated carbocycles. The Hall–Kier alpha value is -2.54. The van der Waals surface area contributed by atoms with Crippen LogP contribution in [0, 0.1) is 5.92 Å². The molecule has 162 valence electrons. The van der Waals surface area contributed by atoms with Crippen molar-refractivity contribution in [3.8, 4) is 0 Å². The van der Waals surface area contributed by atoms with Gasteiger partial charge < -0.3 is 15.7 Å². The maximum absolute atomic E-state index is 11.3. The van der Waals surface area contributed by atoms with Gasteiger partial charge in [0, 0.05) is 24.2 Å². The number of nitrogens with one attached hydrogen (secondary N) is 2. The Labute approximate surface area is 178 Å². The van der Waals surface area contributed by atoms with Gasteiger partial charge in [-0.1, -0.05) is 5.57 Å². The third-order valence-corrected chi connectivity index (χ3v) is 5.38. The number of aliphatic hydroxyl groups is 1. The van der Waals surface area contributed by atoms with Crippen LogP contribution in [0.4, 0.5) is 11.8 Å². The summed E-state index contributed by atoms with van der Waals surface area (Å²) in [4.78, 5) is 25.1. The number of pyridine rings is 1. The maximum Gasteiger partial charge on any atom is 0.223 e. The molecule has 7 nitrogen and oxygen atoms in total. The molecule has 0 saturated heterocycles. The van der Waals surface area contributed by atoms with Gasteiger partial charge in [0.1, 0.15) is 5.52 Å². The van der Waals surface area contributed by atoms with E-state index in [2.05, 4.69) is 20.6 Å². The first-order valence-electron chi connectivity index (χ1n) is 10.9. The number of fused-ring (bicyclic) bond motifs is 1. The van der Waals surface area contributed by atoms with Crippen LogP contribution in [0.2, 0.25) is 0 Å². The van der Waals surface area contributed by atoms with Gasteiger partial charge in [0.15, 0.2) is 11.6 Å². The largest absolute Gasteiger partial charge is 0.387 e. The molecule has 2 aromatic heterocycles. The number of aliphatic hydroxyl groups excluding tert-OH is 1. The first-order chi connectivity index (χ1) is 14.3. The van der Waals surface area contributed by atoms with Crippen molar-refractivity contribution in [1.82, 2.24) is 15.0 Å². The molecule has 1 aliphatic rings. The lowest BCUT2D eigenvalue weighted by Gasteiger charge is -2.17. The van der Waals surface area contributed by atoms with Crippen LogP contribution in [-0.4, -0.2) is 38.4 Å². The second kappa shape index (κ2) is 9.98. The van der Waals surface area contributed by atoms with Crippen LogP contribution >= 0.6 is 0 Å². The van der Waals surface area contributed by atoms with Crippen molar-refractivity contribution in [3.05, 3.63) is 29.6 Å². The highest BCUT2D eigenvalue weighted by atomic mass is 16.3. The molecule has 0 radical (unpaired) electrons. The lowest BCUT2D eigenvalue weighted by Crippen LogP contribution is -2.16. The third-order valence-electron chi connectivity index (χ3n) is 5.38. The molecule has 0 aromatic carbocycles. The SMILES string of the molecule is CC(=O)/C=C1/CCCC(CNc2ncc3cc([C@@H](C)O)nc(NC(C)C)c3n2)CC1. The van der Waals surface area contributed by atoms with Gasteiger partial charge in [-0.15, -0.1) is 0 Å². The fourth-order valence-corrected chi connectivity index (χ4v) is 3.88. The van der Waals surface area contributed by atoms with E-state index < -0.39 is 6.10 Å². The molecule has 0 aliphatic heterocycles. The van der Waals surface area contributed by atoms with E-state index in [1.54, 1.807) is 26.1 Å². The van der Waals surface area contributed by atoms with Gasteiger partial charge in [0.05, 0.1) is 11.8 Å². The van der Waals surface area contributed by atoms with Crippen molar-refractivity contribution in [1.29, 1.82) is 0 Å². The van der Waals surface area contributed by atoms with Crippen molar-refractivity contribution >= 4 is 28.5 Å². The van der Waals surface area contributed by atoms with Crippen LogP contribution in [0.25, 0.3) is 10.9 Å². The van der Waals surface area contributed by atoms with Crippen LogP contribution in [-0.2, 0) is 4.79 Å². The van der Waals surface area contributed by atoms with E-state index in [0.717, 1.165) is 49.6 Å². The predicted molar refractivity (Wildman–Crippen MR) is 121 cm³/mol. The zero-order valence-electron chi connectivity index (χ0n) is 18.4. The lowest BCUT2D eigenvalue weighted by molar-refractivity contribution is -0.112. The Morgan fingerprint density at radius 2 is 2.07 bits per heavy atom. The molecular weight excluding hydrogens is 378 g/mol. The number of anilines is 2. The minimum absolute atomic E-state index is 0.143. The minimum atomic E-state index is -0.655. The summed E-state index contributed by atoms with van der Waals surface area (Å²) in [5, 5.41) is 17.5. The first kappa shape index (κ1) is 22.2. The summed E-state index contributed by atoms with van der Waals surface area (Å²) in [6, 6.07) is 2.03. The van der Waals surface area contributed by atoms with Crippen LogP contribution in [0.1, 0.15) is 71.6 Å². The van der Waals surface area contributed by atoms with E-state index in [0.29, 0.717) is 23.4 Å². The number of carbonyl (C=O) groups is 1. The summed E-state index contributed by atoms with van der Waals surface area (Å²) in [6.45, 7) is 8.22. The average Bonchev–Trinajstić information content (AvgIpc) is 2.90. The highest BCUT2D eigenvalue weighted by molar-refractivity contribution is 5.89. The summed E-state index contributed by atoms with van der Waals surface area (Å²) in [5.41, 5.74) is 2.62. The van der Waals surface area contributed by atoms with Crippen molar-refractivity contribution in [2.45, 2.75) is 71.9 Å². The van der Waals surface area contributed by atoms with E-state index >= 15 is 0 Å². The summed E-state index contributed by atoms with van der Waals surface area (Å²) in [7, 11) is 0. The van der Waals surface area contributed by atoms with Gasteiger partial charge in [-0.25, -0.2) is 15.0 Å². The molecule has 7 heteroatoms. The van der Waals surface area contributed by atoms with E-state index in [1.807, 2.05) is 19.9 Å². The third kappa shape index (κ3) is 5.98. The molecule has 0 spiro atoms. The number of hydrogen-bond donors (Lipinski definition) is 3. The predicted octanol–water partition coefficient (Wildman–Crippen LogP) is 4.41. The molecule has 3 rings (SSSR count). The highest BCUT2D eigenvalue weighted by Crippen LogP contribution is 2.28. The lowest BCUT2D eigenvalue weighted by atomic mass is 10.00. The molecule has 1 unspecified atom stereocenters. The number of aromatic nitrogens is 3. The number of hydrogen-bond acceptors (Lipinski definition) is 7. The first-order valence-corrected chi connectivity index (χ1v) is 10.9. The average molecular weight is 412 g/mol. The fraction of sp³-hybridized carbons (Fsp3) is 0.565. The van der Waals surface area contributed by atoms with Crippen LogP contribution in [0.5, 0.6) is 0 Å². The zero-order chi connectivity index (χ0) is 21.7. The highest BCUT2D eigenvalue weighted by Gasteiger charge is 2.17. The van der Waals surface area contributed by atoms with Gasteiger partial charge in [-0.3, -0.25) is 4.79 Å². The Morgan fingerprint density at radius 1 is 1.27 bits per heavy atom. The van der Waals surface area contributed by atoms with Crippen LogP contribution in [0.15, 0.2) is 23.9 Å². The fourth-order valence-electron chi connectivity index (χ4n) is 3.88. The standard InChI is InChI=1S/C23H33N5O2/c1-14(2)26-22-21-19(11-20(27-22)16(4)30)13-25-23(28-21)24-12-18-7-5-6-17(8-9-18)10-15(3)29/h10-11,13-14,16,18,30H,5-9,12H2,1-4H3,(H,26,27)(H,24,25,28)/b17-10-/t16-,18?/m1/s1. The minimum Gasteiger partial charge on any atom is -0.387 e. The second-order valence-corrected chi connectivity index (χ2v) is 8.59. The zero-order valence-corrected chi connectivity index (χ0v) is 18.4. The van der Waals surface area contributed by atoms with Crippen molar-refractivity contribution in [2.24, 2.45) is 5.92 Å². The van der Waals surface area contributed by atoms with Gasteiger partial charge in [0.2, 0.25) is 5.95 Å². The topological polar surface area (TPSA) is 100 Å². The van der Waals surface area contributed by atoms with Gasteiger partial charge in [0.25, 0.3) is 0 Å². The molecule has 2 aromatic rings. The quantitative estimate of drug-likeness (QED) is 0.458. The number of ketones is 1. The molecule has 2 heterocycles. The molecule has 0 bridgehead atoms. The number of nitrogens with zero attached hydrogens (tertiary/aromatic N) is 3. The molecular formula is C23H33N5O2. The summed E-state index contributed by atoms with van der Waals surface area (Å²) >= 11 is 0. The Balaban J connectivity index is 1.73. The number of allylic oxidation sites excluding steroid dienone is 2. The van der Waals surface area contributed by atoms with Gasteiger partial charge in [-0.2, -0.15) is 0 Å². The summed E-state index contributed by atoms with van der Waals surface area (Å²) < 4.78 is 0. The van der Waals surface area contributed by atoms with E-state index in [9.17, 15) is 9.90 Å². The van der Waals surface area contributed by atoms with E-state index in [4.69, 9.17) is 4.98 Å². The molecule has 1 aliphatic carbocycles. The van der Waals surface area contributed by atoms with E-state index in [1.165, 1.54) is 5.57 Å². The normalized spacial score (nSPS) is 19.7. The Bertz CT molecular complexity index is 923. The molecule has 0 amide bonds. The van der Waals surface area contributed by atoms with Crippen molar-refractivity contribution in [3.63, 3.8) is 0 Å². The Morgan fingerprint density at radius 3 is 2.77 bits per heavy atom. The van der Waals surface area contributed by atoms with Crippen LogP contribution < -0.4 is 10.6 Å². The monoisotopic (exact) mass is 411 g/mol. The molecule has 1 fully saturated rings. The van der Waals surface area contributed by atoms with Crippen molar-refractivity contribution < 1.29 is 9.90 Å². The van der Waals surface area contributed by atoms with Crippen molar-refractivity contribution in [2.75, 3.05) is 17.2 Å². The maximum atomic E-state index is 11.3. The van der Waals surface area contributed by atoms with E-state index in [-0.39, 0.29) is 11.8 Å². The smallest absolute Gasteiger partial charge is 0.223 e. The summed E-state index contributed by atoms with van der Waals surface area (Å²) in [6.07, 6.45) is 8.25. The van der Waals surface area contributed by atoms with Gasteiger partial charge in [-0.05, 0) is 77.9 Å². The summed E-state index contributed by atoms with van der Waals surface area (Å²) in [5.74, 6) is 1.93. The molecule has 2 atom stereocenters. The van der Waals surface area contributed by atoms with Crippen LogP contribution in [0.3, 0.4) is 0 Å². The molecule has 3 N–H and O–H groups in total. The molecule has 30 heavy (non-hydrogen) atoms. The number of carbonyl (C=O) groups excluding carboxylic acids is 1. The Kier molecular flexibility index (Phi) is 7.37. The second-order valence-electron chi connectivity index (χ2n) is 8.59. The van der Waals surface area contributed by atoms with Gasteiger partial charge >= 0.3 is 0 Å².